The van der Waals surface area contributed by atoms with Crippen molar-refractivity contribution in [2.45, 2.75) is 99.5 Å². The minimum atomic E-state index is -0.991. The number of carboxylic acid groups (broad SMARTS) is 1. The number of thioether (sulfide) groups is 1. The van der Waals surface area contributed by atoms with Gasteiger partial charge in [0.15, 0.2) is 0 Å². The quantitative estimate of drug-likeness (QED) is 0.162. The van der Waals surface area contributed by atoms with Crippen LogP contribution in [0.1, 0.15) is 93.4 Å². The molecule has 0 aliphatic carbocycles. The summed E-state index contributed by atoms with van der Waals surface area (Å²) in [5.74, 6) is -0.199. The summed E-state index contributed by atoms with van der Waals surface area (Å²) in [7, 11) is 0. The van der Waals surface area contributed by atoms with Crippen LogP contribution in [0.4, 0.5) is 0 Å². The van der Waals surface area contributed by atoms with Crippen LogP contribution in [-0.2, 0) is 9.59 Å². The van der Waals surface area contributed by atoms with E-state index in [-0.39, 0.29) is 5.91 Å². The SMILES string of the molecule is CC(=O)N[C@@H](CSC/C=C(\CC=C(C)C)CC/C=C(\C)CC/C=C(\C)CCC=C(C)C)C(=O)O. The summed E-state index contributed by atoms with van der Waals surface area (Å²) in [5, 5.41) is 11.7. The third-order valence-corrected chi connectivity index (χ3v) is 6.27. The first kappa shape index (κ1) is 32.0. The van der Waals surface area contributed by atoms with Crippen LogP contribution in [0.5, 0.6) is 0 Å². The molecule has 0 spiro atoms. The molecule has 0 aromatic heterocycles. The van der Waals surface area contributed by atoms with Crippen LogP contribution in [0.2, 0.25) is 0 Å². The van der Waals surface area contributed by atoms with E-state index in [9.17, 15) is 14.7 Å². The van der Waals surface area contributed by atoms with Crippen LogP contribution in [0.25, 0.3) is 0 Å². The lowest BCUT2D eigenvalue weighted by Gasteiger charge is -2.12. The lowest BCUT2D eigenvalue weighted by molar-refractivity contribution is -0.140. The summed E-state index contributed by atoms with van der Waals surface area (Å²) in [6.45, 7) is 14.3. The molecule has 5 heteroatoms. The van der Waals surface area contributed by atoms with Crippen molar-refractivity contribution in [1.82, 2.24) is 5.32 Å². The van der Waals surface area contributed by atoms with Crippen molar-refractivity contribution in [2.24, 2.45) is 0 Å². The Bertz CT molecular complexity index is 779. The summed E-state index contributed by atoms with van der Waals surface area (Å²) in [6.07, 6.45) is 18.9. The maximum absolute atomic E-state index is 11.3. The van der Waals surface area contributed by atoms with Gasteiger partial charge in [-0.2, -0.15) is 11.8 Å². The Hall–Kier alpha value is -2.01. The topological polar surface area (TPSA) is 66.4 Å². The minimum absolute atomic E-state index is 0.315. The normalized spacial score (nSPS) is 13.3. The molecule has 0 bridgehead atoms. The molecular weight excluding hydrogens is 442 g/mol. The molecule has 0 saturated heterocycles. The molecule has 0 aromatic carbocycles. The van der Waals surface area contributed by atoms with Crippen LogP contribution in [0, 0.1) is 0 Å². The Labute approximate surface area is 212 Å². The van der Waals surface area contributed by atoms with Crippen molar-refractivity contribution in [3.8, 4) is 0 Å². The molecule has 0 aliphatic rings. The third kappa shape index (κ3) is 19.5. The Morgan fingerprint density at radius 1 is 0.765 bits per heavy atom. The molecule has 0 aliphatic heterocycles. The van der Waals surface area contributed by atoms with Gasteiger partial charge in [-0.1, -0.05) is 58.2 Å². The van der Waals surface area contributed by atoms with Gasteiger partial charge in [0.2, 0.25) is 5.91 Å². The van der Waals surface area contributed by atoms with Gasteiger partial charge < -0.3 is 10.4 Å². The van der Waals surface area contributed by atoms with E-state index in [0.717, 1.165) is 50.7 Å². The van der Waals surface area contributed by atoms with Gasteiger partial charge in [-0.3, -0.25) is 4.79 Å². The first-order chi connectivity index (χ1) is 16.0. The lowest BCUT2D eigenvalue weighted by Crippen LogP contribution is -2.41. The largest absolute Gasteiger partial charge is 0.480 e. The summed E-state index contributed by atoms with van der Waals surface area (Å²) >= 11 is 1.54. The molecule has 1 amide bonds. The average Bonchev–Trinajstić information content (AvgIpc) is 2.72. The molecule has 0 fully saturated rings. The van der Waals surface area contributed by atoms with Crippen molar-refractivity contribution < 1.29 is 14.7 Å². The second-order valence-corrected chi connectivity index (χ2v) is 10.6. The fraction of sp³-hybridized carbons (Fsp3) is 0.586. The van der Waals surface area contributed by atoms with Gasteiger partial charge in [0.1, 0.15) is 6.04 Å². The van der Waals surface area contributed by atoms with Gasteiger partial charge in [0, 0.05) is 18.4 Å². The molecule has 0 unspecified atom stereocenters. The molecule has 0 saturated carbocycles. The first-order valence-electron chi connectivity index (χ1n) is 12.3. The fourth-order valence-corrected chi connectivity index (χ4v) is 4.20. The monoisotopic (exact) mass is 489 g/mol. The number of carbonyl (C=O) groups excluding carboxylic acids is 1. The standard InChI is InChI=1S/C29H47NO3S/c1-22(2)11-8-12-24(5)13-9-14-25(6)15-10-16-27(18-17-23(3)4)19-20-34-21-28(29(32)33)30-26(7)31/h11,13,15,17,19,28H,8-10,12,14,16,18,20-21H2,1-7H3,(H,30,31)(H,32,33)/b24-13+,25-15+,27-19-/t28-/m0/s1. The molecule has 0 heterocycles. The van der Waals surface area contributed by atoms with Gasteiger partial charge in [-0.15, -0.1) is 0 Å². The maximum atomic E-state index is 11.3. The average molecular weight is 490 g/mol. The Balaban J connectivity index is 4.66. The van der Waals surface area contributed by atoms with E-state index in [4.69, 9.17) is 0 Å². The summed E-state index contributed by atoms with van der Waals surface area (Å²) in [6, 6.07) is -0.840. The maximum Gasteiger partial charge on any atom is 0.327 e. The van der Waals surface area contributed by atoms with E-state index in [2.05, 4.69) is 77.2 Å². The predicted molar refractivity (Wildman–Crippen MR) is 149 cm³/mol. The van der Waals surface area contributed by atoms with Crippen molar-refractivity contribution >= 4 is 23.6 Å². The number of rotatable bonds is 17. The van der Waals surface area contributed by atoms with Gasteiger partial charge in [0.05, 0.1) is 0 Å². The Morgan fingerprint density at radius 3 is 1.79 bits per heavy atom. The lowest BCUT2D eigenvalue weighted by atomic mass is 10.0. The highest BCUT2D eigenvalue weighted by molar-refractivity contribution is 7.99. The van der Waals surface area contributed by atoms with Gasteiger partial charge in [-0.05, 0) is 86.5 Å². The number of hydrogen-bond acceptors (Lipinski definition) is 3. The number of carboxylic acids is 1. The minimum Gasteiger partial charge on any atom is -0.480 e. The molecule has 192 valence electrons. The molecule has 4 nitrogen and oxygen atoms in total. The van der Waals surface area contributed by atoms with Crippen molar-refractivity contribution in [1.29, 1.82) is 0 Å². The number of allylic oxidation sites excluding steroid dienone is 9. The zero-order chi connectivity index (χ0) is 25.9. The van der Waals surface area contributed by atoms with Crippen LogP contribution >= 0.6 is 11.8 Å². The Kier molecular flexibility index (Phi) is 18.2. The molecule has 1 atom stereocenters. The first-order valence-corrected chi connectivity index (χ1v) is 13.5. The van der Waals surface area contributed by atoms with E-state index in [1.807, 2.05) is 0 Å². The Morgan fingerprint density at radius 2 is 1.29 bits per heavy atom. The second kappa shape index (κ2) is 19.3. The van der Waals surface area contributed by atoms with E-state index >= 15 is 0 Å². The fourth-order valence-electron chi connectivity index (χ4n) is 3.25. The van der Waals surface area contributed by atoms with Crippen LogP contribution in [-0.4, -0.2) is 34.5 Å². The predicted octanol–water partition coefficient (Wildman–Crippen LogP) is 7.79. The van der Waals surface area contributed by atoms with Gasteiger partial charge >= 0.3 is 5.97 Å². The highest BCUT2D eigenvalue weighted by Crippen LogP contribution is 2.17. The zero-order valence-electron chi connectivity index (χ0n) is 22.5. The zero-order valence-corrected chi connectivity index (χ0v) is 23.3. The highest BCUT2D eigenvalue weighted by atomic mass is 32.2. The van der Waals surface area contributed by atoms with Crippen LogP contribution in [0.3, 0.4) is 0 Å². The number of amides is 1. The molecular formula is C29H47NO3S. The highest BCUT2D eigenvalue weighted by Gasteiger charge is 2.17. The summed E-state index contributed by atoms with van der Waals surface area (Å²) in [5.41, 5.74) is 6.97. The molecule has 2 N–H and O–H groups in total. The van der Waals surface area contributed by atoms with Crippen molar-refractivity contribution in [2.75, 3.05) is 11.5 Å². The molecule has 34 heavy (non-hydrogen) atoms. The van der Waals surface area contributed by atoms with Gasteiger partial charge in [-0.25, -0.2) is 4.79 Å². The summed E-state index contributed by atoms with van der Waals surface area (Å²) in [4.78, 5) is 22.4. The van der Waals surface area contributed by atoms with E-state index < -0.39 is 12.0 Å². The molecule has 0 aromatic rings. The number of hydrogen-bond donors (Lipinski definition) is 2. The van der Waals surface area contributed by atoms with Crippen LogP contribution < -0.4 is 5.32 Å². The molecule has 0 radical (unpaired) electrons. The second-order valence-electron chi connectivity index (χ2n) is 9.48. The number of nitrogens with one attached hydrogen (secondary N) is 1. The van der Waals surface area contributed by atoms with E-state index in [1.165, 1.54) is 46.6 Å². The van der Waals surface area contributed by atoms with E-state index in [1.54, 1.807) is 0 Å². The van der Waals surface area contributed by atoms with E-state index in [0.29, 0.717) is 5.75 Å². The number of aliphatic carboxylic acids is 1. The summed E-state index contributed by atoms with van der Waals surface area (Å²) < 4.78 is 0. The van der Waals surface area contributed by atoms with Crippen molar-refractivity contribution in [3.05, 3.63) is 58.2 Å². The van der Waals surface area contributed by atoms with Crippen molar-refractivity contribution in [3.63, 3.8) is 0 Å². The van der Waals surface area contributed by atoms with Crippen LogP contribution in [0.15, 0.2) is 58.2 Å². The number of carbonyl (C=O) groups is 2. The molecule has 0 rings (SSSR count). The van der Waals surface area contributed by atoms with Gasteiger partial charge in [0.25, 0.3) is 0 Å². The third-order valence-electron chi connectivity index (χ3n) is 5.30. The smallest absolute Gasteiger partial charge is 0.327 e.